The number of hydrogen-bond acceptors (Lipinski definition) is 0. The molecule has 1 aromatic rings. The van der Waals surface area contributed by atoms with E-state index in [1.54, 1.807) is 0 Å². The van der Waals surface area contributed by atoms with Gasteiger partial charge in [-0.1, -0.05) is 24.0 Å². The summed E-state index contributed by atoms with van der Waals surface area (Å²) >= 11 is 0. The highest BCUT2D eigenvalue weighted by Gasteiger charge is 1.99. The fourth-order valence-electron chi connectivity index (χ4n) is 0.906. The lowest BCUT2D eigenvalue weighted by Gasteiger charge is -1.85. The molecule has 9 heavy (non-hydrogen) atoms. The molecule has 0 nitrogen and oxygen atoms in total. The molecule has 1 aliphatic carbocycles. The number of hydrogen-bond donors (Lipinski definition) is 0. The summed E-state index contributed by atoms with van der Waals surface area (Å²) in [5.74, 6) is 5.99. The Morgan fingerprint density at radius 1 is 1.44 bits per heavy atom. The van der Waals surface area contributed by atoms with Gasteiger partial charge in [-0.25, -0.2) is 0 Å². The summed E-state index contributed by atoms with van der Waals surface area (Å²) in [6.45, 7) is 0. The molecule has 1 aliphatic rings. The van der Waals surface area contributed by atoms with Crippen molar-refractivity contribution in [1.82, 2.24) is 0 Å². The van der Waals surface area contributed by atoms with Crippen molar-refractivity contribution in [3.8, 4) is 11.8 Å². The molecule has 0 heterocycles. The standard InChI is InChI=1S/C9H4/c1-2-5-9-7-3-6-8(9)4-1/h1,4H,7H2. The van der Waals surface area contributed by atoms with Gasteiger partial charge in [0, 0.05) is 17.5 Å². The Bertz CT molecular complexity index is 286. The fourth-order valence-corrected chi connectivity index (χ4v) is 0.906. The van der Waals surface area contributed by atoms with E-state index in [1.807, 2.05) is 12.1 Å². The maximum atomic E-state index is 3.00. The molecular weight excluding hydrogens is 108 g/mol. The molecule has 0 unspecified atom stereocenters. The Hall–Kier alpha value is -1.40. The topological polar surface area (TPSA) is 0 Å². The van der Waals surface area contributed by atoms with Gasteiger partial charge < -0.3 is 0 Å². The van der Waals surface area contributed by atoms with Crippen LogP contribution in [0.5, 0.6) is 0 Å². The molecule has 0 spiro atoms. The smallest absolute Gasteiger partial charge is 0.0436 e. The lowest BCUT2D eigenvalue weighted by atomic mass is 10.2. The van der Waals surface area contributed by atoms with E-state index in [0.29, 0.717) is 0 Å². The van der Waals surface area contributed by atoms with Gasteiger partial charge in [0.15, 0.2) is 0 Å². The Balaban J connectivity index is 2.66. The summed E-state index contributed by atoms with van der Waals surface area (Å²) in [4.78, 5) is 0. The fraction of sp³-hybridized carbons (Fsp3) is 0.111. The zero-order valence-electron chi connectivity index (χ0n) is 4.86. The van der Waals surface area contributed by atoms with Gasteiger partial charge in [-0.3, -0.25) is 0 Å². The molecule has 0 atom stereocenters. The average molecular weight is 112 g/mol. The highest BCUT2D eigenvalue weighted by atomic mass is 14.0. The first-order valence-corrected chi connectivity index (χ1v) is 2.87. The first kappa shape index (κ1) is 4.48. The summed E-state index contributed by atoms with van der Waals surface area (Å²) in [6, 6.07) is 9.71. The summed E-state index contributed by atoms with van der Waals surface area (Å²) in [6.07, 6.45) is 0.854. The van der Waals surface area contributed by atoms with Crippen molar-refractivity contribution >= 4 is 0 Å². The Morgan fingerprint density at radius 2 is 2.44 bits per heavy atom. The monoisotopic (exact) mass is 112 g/mol. The normalized spacial score (nSPS) is 11.1. The second-order valence-corrected chi connectivity index (χ2v) is 1.97. The molecule has 40 valence electrons. The highest BCUT2D eigenvalue weighted by molar-refractivity contribution is 5.46. The van der Waals surface area contributed by atoms with Crippen LogP contribution >= 0.6 is 0 Å². The molecule has 0 fully saturated rings. The zero-order chi connectivity index (χ0) is 6.10. The van der Waals surface area contributed by atoms with E-state index >= 15 is 0 Å². The lowest BCUT2D eigenvalue weighted by Crippen LogP contribution is -1.76. The summed E-state index contributed by atoms with van der Waals surface area (Å²) in [7, 11) is 0. The third-order valence-electron chi connectivity index (χ3n) is 1.37. The minimum Gasteiger partial charge on any atom is -0.0923 e. The van der Waals surface area contributed by atoms with Crippen LogP contribution in [-0.2, 0) is 6.42 Å². The van der Waals surface area contributed by atoms with Gasteiger partial charge in [-0.2, -0.15) is 0 Å². The summed E-state index contributed by atoms with van der Waals surface area (Å²) < 4.78 is 0. The molecular formula is C9H4. The number of fused-ring (bicyclic) bond motifs is 1. The molecule has 0 N–H and O–H groups in total. The Morgan fingerprint density at radius 3 is 3.33 bits per heavy atom. The van der Waals surface area contributed by atoms with Crippen LogP contribution < -0.4 is 0 Å². The zero-order valence-corrected chi connectivity index (χ0v) is 4.86. The molecule has 0 saturated heterocycles. The van der Waals surface area contributed by atoms with Gasteiger partial charge in [-0.15, -0.1) is 0 Å². The maximum absolute atomic E-state index is 3.00. The van der Waals surface area contributed by atoms with E-state index in [9.17, 15) is 0 Å². The molecule has 0 aromatic heterocycles. The van der Waals surface area contributed by atoms with Gasteiger partial charge in [0.25, 0.3) is 0 Å². The molecule has 0 heteroatoms. The van der Waals surface area contributed by atoms with Crippen molar-refractivity contribution in [2.45, 2.75) is 6.42 Å². The van der Waals surface area contributed by atoms with Crippen molar-refractivity contribution in [2.24, 2.45) is 0 Å². The van der Waals surface area contributed by atoms with Crippen molar-refractivity contribution in [3.05, 3.63) is 35.4 Å². The van der Waals surface area contributed by atoms with E-state index < -0.39 is 0 Å². The van der Waals surface area contributed by atoms with Gasteiger partial charge in [0.2, 0.25) is 0 Å². The molecule has 1 aromatic carbocycles. The van der Waals surface area contributed by atoms with Gasteiger partial charge in [0.05, 0.1) is 0 Å². The van der Waals surface area contributed by atoms with Crippen LogP contribution in [0.25, 0.3) is 0 Å². The predicted molar refractivity (Wildman–Crippen MR) is 34.7 cm³/mol. The van der Waals surface area contributed by atoms with Crippen LogP contribution in [0, 0.1) is 24.0 Å². The number of rotatable bonds is 0. The SMILES string of the molecule is C1#Cc2ccc#cc2C1. The lowest BCUT2D eigenvalue weighted by molar-refractivity contribution is 1.35. The van der Waals surface area contributed by atoms with E-state index in [0.717, 1.165) is 17.5 Å². The highest BCUT2D eigenvalue weighted by Crippen LogP contribution is 2.07. The minimum atomic E-state index is 0.854. The van der Waals surface area contributed by atoms with Crippen LogP contribution in [-0.4, -0.2) is 0 Å². The molecule has 2 rings (SSSR count). The second kappa shape index (κ2) is 1.54. The minimum absolute atomic E-state index is 0.854. The molecule has 0 bridgehead atoms. The third kappa shape index (κ3) is 0.574. The van der Waals surface area contributed by atoms with E-state index in [2.05, 4.69) is 24.0 Å². The molecule has 0 amide bonds. The van der Waals surface area contributed by atoms with Gasteiger partial charge >= 0.3 is 0 Å². The molecule has 0 radical (unpaired) electrons. The van der Waals surface area contributed by atoms with Crippen LogP contribution in [0.1, 0.15) is 11.1 Å². The van der Waals surface area contributed by atoms with Crippen molar-refractivity contribution in [3.63, 3.8) is 0 Å². The molecule has 0 aliphatic heterocycles. The van der Waals surface area contributed by atoms with E-state index in [1.165, 1.54) is 0 Å². The average Bonchev–Trinajstić information content (AvgIpc) is 2.33. The van der Waals surface area contributed by atoms with Crippen LogP contribution in [0.4, 0.5) is 0 Å². The first-order chi connectivity index (χ1) is 4.47. The summed E-state index contributed by atoms with van der Waals surface area (Å²) in [5, 5.41) is 0. The summed E-state index contributed by atoms with van der Waals surface area (Å²) in [5.41, 5.74) is 2.28. The van der Waals surface area contributed by atoms with Gasteiger partial charge in [-0.05, 0) is 12.1 Å². The first-order valence-electron chi connectivity index (χ1n) is 2.87. The van der Waals surface area contributed by atoms with Crippen LogP contribution in [0.15, 0.2) is 12.1 Å². The predicted octanol–water partition coefficient (Wildman–Crippen LogP) is 1.19. The second-order valence-electron chi connectivity index (χ2n) is 1.97. The van der Waals surface area contributed by atoms with Gasteiger partial charge in [0.1, 0.15) is 0 Å². The Labute approximate surface area is 54.5 Å². The maximum Gasteiger partial charge on any atom is 0.0436 e. The Kier molecular flexibility index (Phi) is 0.765. The van der Waals surface area contributed by atoms with E-state index in [4.69, 9.17) is 0 Å². The van der Waals surface area contributed by atoms with Crippen LogP contribution in [0.3, 0.4) is 0 Å². The van der Waals surface area contributed by atoms with Crippen molar-refractivity contribution in [1.29, 1.82) is 0 Å². The third-order valence-corrected chi connectivity index (χ3v) is 1.37. The van der Waals surface area contributed by atoms with Crippen molar-refractivity contribution in [2.75, 3.05) is 0 Å². The largest absolute Gasteiger partial charge is 0.0923 e. The quantitative estimate of drug-likeness (QED) is 0.442. The van der Waals surface area contributed by atoms with Crippen LogP contribution in [0.2, 0.25) is 0 Å². The van der Waals surface area contributed by atoms with Crippen molar-refractivity contribution < 1.29 is 0 Å². The molecule has 0 saturated carbocycles. The van der Waals surface area contributed by atoms with E-state index in [-0.39, 0.29) is 0 Å².